The number of carbonyl (C=O) groups is 3. The summed E-state index contributed by atoms with van der Waals surface area (Å²) in [5, 5.41) is 8.05. The number of amides is 2. The normalized spacial score (nSPS) is 19.9. The highest BCUT2D eigenvalue weighted by atomic mass is 32.2. The topological polar surface area (TPSA) is 74.7 Å². The third kappa shape index (κ3) is 1.42. The van der Waals surface area contributed by atoms with Gasteiger partial charge in [-0.05, 0) is 6.92 Å². The van der Waals surface area contributed by atoms with Crippen molar-refractivity contribution in [1.82, 2.24) is 4.90 Å². The largest absolute Gasteiger partial charge is 0.480 e. The molecule has 12 heavy (non-hydrogen) atoms. The van der Waals surface area contributed by atoms with Crippen LogP contribution >= 0.6 is 11.8 Å². The second-order valence-electron chi connectivity index (χ2n) is 2.33. The summed E-state index contributed by atoms with van der Waals surface area (Å²) in [6.07, 6.45) is 0. The second kappa shape index (κ2) is 3.14. The summed E-state index contributed by atoms with van der Waals surface area (Å²) in [6.45, 7) is 1.31. The first-order chi connectivity index (χ1) is 5.54. The van der Waals surface area contributed by atoms with Gasteiger partial charge in [0.15, 0.2) is 0 Å². The Morgan fingerprint density at radius 3 is 2.58 bits per heavy atom. The number of carboxylic acids is 1. The van der Waals surface area contributed by atoms with Crippen molar-refractivity contribution in [3.8, 4) is 0 Å². The van der Waals surface area contributed by atoms with E-state index in [0.717, 1.165) is 16.7 Å². The van der Waals surface area contributed by atoms with E-state index < -0.39 is 23.2 Å². The van der Waals surface area contributed by atoms with E-state index in [1.54, 1.807) is 0 Å². The van der Waals surface area contributed by atoms with Gasteiger partial charge < -0.3 is 5.11 Å². The molecule has 1 unspecified atom stereocenters. The Balaban J connectivity index is 2.79. The van der Waals surface area contributed by atoms with Gasteiger partial charge in [-0.3, -0.25) is 14.5 Å². The third-order valence-electron chi connectivity index (χ3n) is 1.53. The molecule has 0 aromatic rings. The standard InChI is InChI=1S/C6H7NO4S/c1-3(5(9)10)7-4(8)2-12-6(7)11/h3H,2H2,1H3,(H,9,10). The van der Waals surface area contributed by atoms with Gasteiger partial charge in [-0.15, -0.1) is 0 Å². The fraction of sp³-hybridized carbons (Fsp3) is 0.500. The third-order valence-corrected chi connectivity index (χ3v) is 2.36. The van der Waals surface area contributed by atoms with Crippen LogP contribution in [0.4, 0.5) is 4.79 Å². The molecule has 1 N–H and O–H groups in total. The van der Waals surface area contributed by atoms with E-state index in [4.69, 9.17) is 5.11 Å². The first-order valence-electron chi connectivity index (χ1n) is 3.25. The minimum Gasteiger partial charge on any atom is -0.480 e. The summed E-state index contributed by atoms with van der Waals surface area (Å²) >= 11 is 0.833. The lowest BCUT2D eigenvalue weighted by atomic mass is 10.3. The molecule has 0 bridgehead atoms. The lowest BCUT2D eigenvalue weighted by Gasteiger charge is -2.16. The van der Waals surface area contributed by atoms with Gasteiger partial charge in [0.05, 0.1) is 5.75 Å². The molecule has 2 amide bonds. The second-order valence-corrected chi connectivity index (χ2v) is 3.26. The van der Waals surface area contributed by atoms with Crippen LogP contribution in [0.3, 0.4) is 0 Å². The van der Waals surface area contributed by atoms with Crippen LogP contribution in [0.25, 0.3) is 0 Å². The zero-order valence-corrected chi connectivity index (χ0v) is 7.13. The average molecular weight is 189 g/mol. The number of aliphatic carboxylic acids is 1. The Kier molecular flexibility index (Phi) is 2.37. The number of carbonyl (C=O) groups excluding carboxylic acids is 2. The van der Waals surface area contributed by atoms with Gasteiger partial charge >= 0.3 is 5.97 Å². The fourth-order valence-corrected chi connectivity index (χ4v) is 1.63. The SMILES string of the molecule is CC(C(=O)O)N1C(=O)CSC1=O. The van der Waals surface area contributed by atoms with Crippen LogP contribution in [0.1, 0.15) is 6.92 Å². The van der Waals surface area contributed by atoms with E-state index >= 15 is 0 Å². The van der Waals surface area contributed by atoms with Crippen molar-refractivity contribution < 1.29 is 19.5 Å². The minimum absolute atomic E-state index is 0.0520. The molecule has 0 aliphatic carbocycles. The number of thioether (sulfide) groups is 1. The number of hydrogen-bond acceptors (Lipinski definition) is 4. The average Bonchev–Trinajstić information content (AvgIpc) is 2.30. The Bertz CT molecular complexity index is 236. The molecule has 1 saturated heterocycles. The summed E-state index contributed by atoms with van der Waals surface area (Å²) in [6, 6.07) is -1.06. The van der Waals surface area contributed by atoms with Crippen LogP contribution in [0.15, 0.2) is 0 Å². The zero-order valence-electron chi connectivity index (χ0n) is 6.31. The number of rotatable bonds is 2. The highest BCUT2D eigenvalue weighted by molar-refractivity contribution is 8.14. The molecule has 5 nitrogen and oxygen atoms in total. The fourth-order valence-electron chi connectivity index (χ4n) is 0.849. The molecule has 1 atom stereocenters. The molecule has 1 fully saturated rings. The smallest absolute Gasteiger partial charge is 0.326 e. The van der Waals surface area contributed by atoms with Gasteiger partial charge in [0, 0.05) is 0 Å². The zero-order chi connectivity index (χ0) is 9.30. The maximum Gasteiger partial charge on any atom is 0.326 e. The summed E-state index contributed by atoms with van der Waals surface area (Å²) in [5.41, 5.74) is 0. The van der Waals surface area contributed by atoms with Crippen molar-refractivity contribution in [3.63, 3.8) is 0 Å². The molecule has 6 heteroatoms. The lowest BCUT2D eigenvalue weighted by Crippen LogP contribution is -2.41. The quantitative estimate of drug-likeness (QED) is 0.669. The minimum atomic E-state index is -1.17. The predicted octanol–water partition coefficient (Wildman–Crippen LogP) is 0.155. The van der Waals surface area contributed by atoms with Crippen LogP contribution in [0, 0.1) is 0 Å². The molecule has 0 spiro atoms. The highest BCUT2D eigenvalue weighted by Gasteiger charge is 2.36. The summed E-state index contributed by atoms with van der Waals surface area (Å²) in [5.74, 6) is -1.55. The number of nitrogens with zero attached hydrogens (tertiary/aromatic N) is 1. The number of hydrogen-bond donors (Lipinski definition) is 1. The maximum absolute atomic E-state index is 11.0. The van der Waals surface area contributed by atoms with Crippen LogP contribution in [-0.2, 0) is 9.59 Å². The molecule has 1 aliphatic heterocycles. The summed E-state index contributed by atoms with van der Waals surface area (Å²) in [7, 11) is 0. The van der Waals surface area contributed by atoms with Crippen molar-refractivity contribution in [2.24, 2.45) is 0 Å². The molecule has 0 radical (unpaired) electrons. The molecule has 0 aromatic carbocycles. The lowest BCUT2D eigenvalue weighted by molar-refractivity contribution is -0.145. The van der Waals surface area contributed by atoms with Crippen LogP contribution in [-0.4, -0.2) is 38.9 Å². The molecular formula is C6H7NO4S. The summed E-state index contributed by atoms with van der Waals surface area (Å²) < 4.78 is 0. The van der Waals surface area contributed by atoms with Crippen molar-refractivity contribution in [2.45, 2.75) is 13.0 Å². The number of carboxylic acid groups (broad SMARTS) is 1. The molecular weight excluding hydrogens is 182 g/mol. The van der Waals surface area contributed by atoms with Crippen molar-refractivity contribution in [3.05, 3.63) is 0 Å². The first-order valence-corrected chi connectivity index (χ1v) is 4.24. The molecule has 66 valence electrons. The van der Waals surface area contributed by atoms with E-state index in [1.807, 2.05) is 0 Å². The molecule has 1 rings (SSSR count). The van der Waals surface area contributed by atoms with E-state index in [9.17, 15) is 14.4 Å². The van der Waals surface area contributed by atoms with Gasteiger partial charge in [0.1, 0.15) is 6.04 Å². The van der Waals surface area contributed by atoms with E-state index in [2.05, 4.69) is 0 Å². The van der Waals surface area contributed by atoms with Crippen LogP contribution in [0.2, 0.25) is 0 Å². The van der Waals surface area contributed by atoms with Gasteiger partial charge in [0.25, 0.3) is 5.24 Å². The Labute approximate surface area is 72.7 Å². The van der Waals surface area contributed by atoms with E-state index in [-0.39, 0.29) is 5.75 Å². The Morgan fingerprint density at radius 1 is 1.67 bits per heavy atom. The van der Waals surface area contributed by atoms with E-state index in [1.165, 1.54) is 6.92 Å². The molecule has 0 aromatic heterocycles. The van der Waals surface area contributed by atoms with Crippen molar-refractivity contribution in [2.75, 3.05) is 5.75 Å². The van der Waals surface area contributed by atoms with Crippen LogP contribution in [0.5, 0.6) is 0 Å². The van der Waals surface area contributed by atoms with Gasteiger partial charge in [-0.25, -0.2) is 4.79 Å². The Morgan fingerprint density at radius 2 is 2.25 bits per heavy atom. The van der Waals surface area contributed by atoms with Gasteiger partial charge in [0.2, 0.25) is 5.91 Å². The maximum atomic E-state index is 11.0. The molecule has 1 aliphatic rings. The highest BCUT2D eigenvalue weighted by Crippen LogP contribution is 2.21. The van der Waals surface area contributed by atoms with Crippen molar-refractivity contribution >= 4 is 28.9 Å². The van der Waals surface area contributed by atoms with E-state index in [0.29, 0.717) is 0 Å². The predicted molar refractivity (Wildman–Crippen MR) is 41.8 cm³/mol. The van der Waals surface area contributed by atoms with Gasteiger partial charge in [-0.2, -0.15) is 0 Å². The summed E-state index contributed by atoms with van der Waals surface area (Å²) in [4.78, 5) is 33.1. The monoisotopic (exact) mass is 189 g/mol. The Hall–Kier alpha value is -1.04. The number of imide groups is 1. The van der Waals surface area contributed by atoms with Crippen LogP contribution < -0.4 is 0 Å². The van der Waals surface area contributed by atoms with Crippen molar-refractivity contribution in [1.29, 1.82) is 0 Å². The molecule has 1 heterocycles. The first kappa shape index (κ1) is 9.05. The van der Waals surface area contributed by atoms with Gasteiger partial charge in [-0.1, -0.05) is 11.8 Å². The molecule has 0 saturated carbocycles.